The van der Waals surface area contributed by atoms with Crippen molar-refractivity contribution >= 4 is 23.2 Å². The lowest BCUT2D eigenvalue weighted by Crippen LogP contribution is -2.34. The Morgan fingerprint density at radius 1 is 1.42 bits per heavy atom. The highest BCUT2D eigenvalue weighted by molar-refractivity contribution is 6.34. The molecule has 8 heteroatoms. The summed E-state index contributed by atoms with van der Waals surface area (Å²) in [6.45, 7) is 3.14. The molecule has 24 heavy (non-hydrogen) atoms. The normalized spacial score (nSPS) is 11.8. The molecule has 6 nitrogen and oxygen atoms in total. The molecule has 0 saturated carbocycles. The van der Waals surface area contributed by atoms with Crippen molar-refractivity contribution in [2.45, 2.75) is 26.5 Å². The topological polar surface area (TPSA) is 88.1 Å². The number of aryl methyl sites for hydroxylation is 1. The van der Waals surface area contributed by atoms with Crippen LogP contribution >= 0.6 is 23.2 Å². The first-order valence-corrected chi connectivity index (χ1v) is 7.83. The standard InChI is InChI=1S/C16H15Cl2N3O3/c1-9-10(2)20-21(16(23)13(9)6-19)7-12(22)8-24-15-5-11(17)3-4-14(15)18/h3-5,12,22H,7-8H2,1-2H3/t12-/m0/s1. The van der Waals surface area contributed by atoms with E-state index in [0.29, 0.717) is 27.1 Å². The number of halogens is 2. The molecule has 126 valence electrons. The Morgan fingerprint density at radius 2 is 2.12 bits per heavy atom. The van der Waals surface area contributed by atoms with Crippen molar-refractivity contribution in [3.63, 3.8) is 0 Å². The molecule has 1 atom stereocenters. The van der Waals surface area contributed by atoms with Crippen LogP contribution in [0.4, 0.5) is 0 Å². The number of nitrogens with zero attached hydrogens (tertiary/aromatic N) is 3. The number of nitriles is 1. The fraction of sp³-hybridized carbons (Fsp3) is 0.312. The van der Waals surface area contributed by atoms with Gasteiger partial charge < -0.3 is 9.84 Å². The van der Waals surface area contributed by atoms with Gasteiger partial charge in [0, 0.05) is 11.1 Å². The lowest BCUT2D eigenvalue weighted by atomic mass is 10.1. The highest BCUT2D eigenvalue weighted by atomic mass is 35.5. The molecule has 0 saturated heterocycles. The van der Waals surface area contributed by atoms with Crippen molar-refractivity contribution in [3.8, 4) is 11.8 Å². The summed E-state index contributed by atoms with van der Waals surface area (Å²) in [5.74, 6) is 0.335. The maximum absolute atomic E-state index is 12.2. The minimum absolute atomic E-state index is 0.0218. The number of ether oxygens (including phenoxy) is 1. The van der Waals surface area contributed by atoms with E-state index in [9.17, 15) is 9.90 Å². The van der Waals surface area contributed by atoms with Crippen LogP contribution in [0.5, 0.6) is 5.75 Å². The van der Waals surface area contributed by atoms with Crippen LogP contribution < -0.4 is 10.3 Å². The quantitative estimate of drug-likeness (QED) is 0.876. The van der Waals surface area contributed by atoms with Gasteiger partial charge in [0.25, 0.3) is 5.56 Å². The predicted molar refractivity (Wildman–Crippen MR) is 90.6 cm³/mol. The van der Waals surface area contributed by atoms with Crippen molar-refractivity contribution in [2.24, 2.45) is 0 Å². The van der Waals surface area contributed by atoms with Gasteiger partial charge in [-0.2, -0.15) is 10.4 Å². The van der Waals surface area contributed by atoms with Crippen LogP contribution in [0.1, 0.15) is 16.8 Å². The first kappa shape index (κ1) is 18.3. The van der Waals surface area contributed by atoms with Gasteiger partial charge >= 0.3 is 0 Å². The molecule has 1 heterocycles. The SMILES string of the molecule is Cc1nn(C[C@H](O)COc2cc(Cl)ccc2Cl)c(=O)c(C#N)c1C. The summed E-state index contributed by atoms with van der Waals surface area (Å²) < 4.78 is 6.49. The largest absolute Gasteiger partial charge is 0.489 e. The van der Waals surface area contributed by atoms with Crippen molar-refractivity contribution in [3.05, 3.63) is 55.4 Å². The van der Waals surface area contributed by atoms with Crippen molar-refractivity contribution < 1.29 is 9.84 Å². The highest BCUT2D eigenvalue weighted by Gasteiger charge is 2.15. The van der Waals surface area contributed by atoms with Crippen molar-refractivity contribution in [1.82, 2.24) is 9.78 Å². The molecule has 1 aromatic heterocycles. The third kappa shape index (κ3) is 4.06. The molecule has 0 fully saturated rings. The summed E-state index contributed by atoms with van der Waals surface area (Å²) >= 11 is 11.8. The van der Waals surface area contributed by atoms with Crippen LogP contribution in [0.25, 0.3) is 0 Å². The van der Waals surface area contributed by atoms with Gasteiger partial charge in [0.2, 0.25) is 0 Å². The second-order valence-corrected chi connectivity index (χ2v) is 6.07. The zero-order valence-electron chi connectivity index (χ0n) is 13.1. The average molecular weight is 368 g/mol. The molecule has 0 radical (unpaired) electrons. The number of benzene rings is 1. The molecule has 0 spiro atoms. The molecule has 0 unspecified atom stereocenters. The van der Waals surface area contributed by atoms with Crippen LogP contribution in [0, 0.1) is 25.2 Å². The van der Waals surface area contributed by atoms with E-state index in [-0.39, 0.29) is 18.7 Å². The van der Waals surface area contributed by atoms with Gasteiger partial charge in [-0.15, -0.1) is 0 Å². The molecular weight excluding hydrogens is 353 g/mol. The molecule has 1 aromatic carbocycles. The molecular formula is C16H15Cl2N3O3. The monoisotopic (exact) mass is 367 g/mol. The Morgan fingerprint density at radius 3 is 2.79 bits per heavy atom. The molecule has 0 aliphatic heterocycles. The first-order valence-electron chi connectivity index (χ1n) is 7.07. The Bertz CT molecular complexity index is 859. The van der Waals surface area contributed by atoms with E-state index in [0.717, 1.165) is 4.68 Å². The van der Waals surface area contributed by atoms with Gasteiger partial charge in [-0.25, -0.2) is 4.68 Å². The minimum Gasteiger partial charge on any atom is -0.489 e. The lowest BCUT2D eigenvalue weighted by Gasteiger charge is -2.15. The van der Waals surface area contributed by atoms with Crippen LogP contribution in [0.2, 0.25) is 10.0 Å². The van der Waals surface area contributed by atoms with Gasteiger partial charge in [0.15, 0.2) is 0 Å². The number of rotatable bonds is 5. The van der Waals surface area contributed by atoms with E-state index in [4.69, 9.17) is 33.2 Å². The predicted octanol–water partition coefficient (Wildman–Crippen LogP) is 2.48. The number of aliphatic hydroxyl groups is 1. The van der Waals surface area contributed by atoms with Crippen LogP contribution in [0.15, 0.2) is 23.0 Å². The Hall–Kier alpha value is -2.07. The van der Waals surface area contributed by atoms with E-state index in [1.165, 1.54) is 6.07 Å². The molecule has 0 aliphatic rings. The zero-order valence-corrected chi connectivity index (χ0v) is 14.6. The highest BCUT2D eigenvalue weighted by Crippen LogP contribution is 2.27. The molecule has 1 N–H and O–H groups in total. The molecule has 0 aliphatic carbocycles. The summed E-state index contributed by atoms with van der Waals surface area (Å²) in [6.07, 6.45) is -1.01. The Labute approximate surface area is 148 Å². The summed E-state index contributed by atoms with van der Waals surface area (Å²) in [5, 5.41) is 24.1. The van der Waals surface area contributed by atoms with Crippen molar-refractivity contribution in [2.75, 3.05) is 6.61 Å². The number of hydrogen-bond donors (Lipinski definition) is 1. The molecule has 0 bridgehead atoms. The Balaban J connectivity index is 2.12. The number of hydrogen-bond acceptors (Lipinski definition) is 5. The molecule has 2 rings (SSSR count). The fourth-order valence-corrected chi connectivity index (χ4v) is 2.39. The van der Waals surface area contributed by atoms with Crippen LogP contribution in [-0.2, 0) is 6.54 Å². The van der Waals surface area contributed by atoms with Gasteiger partial charge in [-0.05, 0) is 31.5 Å². The zero-order chi connectivity index (χ0) is 17.9. The lowest BCUT2D eigenvalue weighted by molar-refractivity contribution is 0.0878. The maximum Gasteiger partial charge on any atom is 0.285 e. The van der Waals surface area contributed by atoms with E-state index in [2.05, 4.69) is 5.10 Å². The summed E-state index contributed by atoms with van der Waals surface area (Å²) in [6, 6.07) is 6.61. The van der Waals surface area contributed by atoms with Gasteiger partial charge in [-0.1, -0.05) is 23.2 Å². The maximum atomic E-state index is 12.2. The van der Waals surface area contributed by atoms with E-state index >= 15 is 0 Å². The van der Waals surface area contributed by atoms with Crippen molar-refractivity contribution in [1.29, 1.82) is 5.26 Å². The molecule has 2 aromatic rings. The summed E-state index contributed by atoms with van der Waals surface area (Å²) in [5.41, 5.74) is 0.571. The summed E-state index contributed by atoms with van der Waals surface area (Å²) in [4.78, 5) is 12.2. The third-order valence-corrected chi connectivity index (χ3v) is 4.00. The first-order chi connectivity index (χ1) is 11.3. The second-order valence-electron chi connectivity index (χ2n) is 5.22. The van der Waals surface area contributed by atoms with Gasteiger partial charge in [-0.3, -0.25) is 4.79 Å². The number of aromatic nitrogens is 2. The average Bonchev–Trinajstić information content (AvgIpc) is 2.54. The second kappa shape index (κ2) is 7.67. The van der Waals surface area contributed by atoms with E-state index in [1.807, 2.05) is 6.07 Å². The Kier molecular flexibility index (Phi) is 5.84. The van der Waals surface area contributed by atoms with Gasteiger partial charge in [0.05, 0.1) is 17.3 Å². The summed E-state index contributed by atoms with van der Waals surface area (Å²) in [7, 11) is 0. The van der Waals surface area contributed by atoms with Gasteiger partial charge in [0.1, 0.15) is 30.1 Å². The third-order valence-electron chi connectivity index (χ3n) is 3.46. The smallest absolute Gasteiger partial charge is 0.285 e. The van der Waals surface area contributed by atoms with E-state index in [1.54, 1.807) is 26.0 Å². The number of aliphatic hydroxyl groups excluding tert-OH is 1. The molecule has 0 amide bonds. The minimum atomic E-state index is -1.01. The van der Waals surface area contributed by atoms with E-state index < -0.39 is 11.7 Å². The van der Waals surface area contributed by atoms with Crippen LogP contribution in [0.3, 0.4) is 0 Å². The fourth-order valence-electron chi connectivity index (χ4n) is 2.05. The van der Waals surface area contributed by atoms with Crippen LogP contribution in [-0.4, -0.2) is 27.6 Å².